The van der Waals surface area contributed by atoms with E-state index in [9.17, 15) is 9.59 Å². The third-order valence-electron chi connectivity index (χ3n) is 5.61. The number of ether oxygens (including phenoxy) is 2. The first kappa shape index (κ1) is 21.6. The lowest BCUT2D eigenvalue weighted by Crippen LogP contribution is -2.31. The van der Waals surface area contributed by atoms with Gasteiger partial charge in [-0.15, -0.1) is 11.8 Å². The SMILES string of the molecule is CCN(Cc1cccc2c1OCCO2)C(=O)c1ccccc1SCC(=O)N1CCCC1. The highest BCUT2D eigenvalue weighted by Crippen LogP contribution is 2.34. The van der Waals surface area contributed by atoms with Gasteiger partial charge in [0.2, 0.25) is 5.91 Å². The number of hydrogen-bond acceptors (Lipinski definition) is 5. The maximum atomic E-state index is 13.4. The van der Waals surface area contributed by atoms with E-state index < -0.39 is 0 Å². The third-order valence-corrected chi connectivity index (χ3v) is 6.66. The highest BCUT2D eigenvalue weighted by Gasteiger charge is 2.23. The van der Waals surface area contributed by atoms with Gasteiger partial charge < -0.3 is 19.3 Å². The fourth-order valence-corrected chi connectivity index (χ4v) is 4.88. The van der Waals surface area contributed by atoms with Gasteiger partial charge in [-0.1, -0.05) is 24.3 Å². The zero-order valence-corrected chi connectivity index (χ0v) is 18.7. The third kappa shape index (κ3) is 4.98. The summed E-state index contributed by atoms with van der Waals surface area (Å²) in [5.41, 5.74) is 1.56. The Balaban J connectivity index is 1.48. The molecule has 0 atom stereocenters. The van der Waals surface area contributed by atoms with E-state index in [2.05, 4.69) is 0 Å². The molecule has 0 N–H and O–H groups in total. The Morgan fingerprint density at radius 3 is 2.61 bits per heavy atom. The molecule has 0 spiro atoms. The van der Waals surface area contributed by atoms with E-state index in [1.54, 1.807) is 4.90 Å². The van der Waals surface area contributed by atoms with Gasteiger partial charge in [-0.2, -0.15) is 0 Å². The van der Waals surface area contributed by atoms with E-state index in [1.165, 1.54) is 11.8 Å². The Morgan fingerprint density at radius 1 is 1.03 bits per heavy atom. The zero-order valence-electron chi connectivity index (χ0n) is 17.8. The smallest absolute Gasteiger partial charge is 0.255 e. The van der Waals surface area contributed by atoms with Crippen molar-refractivity contribution in [3.8, 4) is 11.5 Å². The number of likely N-dealkylation sites (tertiary alicyclic amines) is 1. The van der Waals surface area contributed by atoms with Crippen LogP contribution in [0.4, 0.5) is 0 Å². The second kappa shape index (κ2) is 10.1. The van der Waals surface area contributed by atoms with E-state index in [-0.39, 0.29) is 11.8 Å². The zero-order chi connectivity index (χ0) is 21.6. The minimum Gasteiger partial charge on any atom is -0.486 e. The van der Waals surface area contributed by atoms with Gasteiger partial charge in [-0.05, 0) is 38.0 Å². The van der Waals surface area contributed by atoms with Crippen molar-refractivity contribution in [1.82, 2.24) is 9.80 Å². The first-order chi connectivity index (χ1) is 15.2. The molecule has 6 nitrogen and oxygen atoms in total. The number of fused-ring (bicyclic) bond motifs is 1. The van der Waals surface area contributed by atoms with Gasteiger partial charge in [0.15, 0.2) is 11.5 Å². The summed E-state index contributed by atoms with van der Waals surface area (Å²) in [7, 11) is 0. The van der Waals surface area contributed by atoms with Crippen LogP contribution in [0.15, 0.2) is 47.4 Å². The van der Waals surface area contributed by atoms with Gasteiger partial charge in [0.05, 0.1) is 11.3 Å². The van der Waals surface area contributed by atoms with E-state index >= 15 is 0 Å². The molecular formula is C24H28N2O4S. The number of rotatable bonds is 7. The lowest BCUT2D eigenvalue weighted by atomic mass is 10.1. The Labute approximate surface area is 187 Å². The standard InChI is InChI=1S/C24H28N2O4S/c1-2-25(16-18-8-7-10-20-23(18)30-15-14-29-20)24(28)19-9-3-4-11-21(19)31-17-22(27)26-12-5-6-13-26/h3-4,7-11H,2,5-6,12-17H2,1H3. The molecule has 7 heteroatoms. The Kier molecular flexibility index (Phi) is 7.02. The normalized spacial score (nSPS) is 15.1. The van der Waals surface area contributed by atoms with E-state index in [1.807, 2.05) is 54.3 Å². The first-order valence-corrected chi connectivity index (χ1v) is 11.8. The van der Waals surface area contributed by atoms with Gasteiger partial charge in [0.25, 0.3) is 5.91 Å². The minimum absolute atomic E-state index is 0.0476. The fourth-order valence-electron chi connectivity index (χ4n) is 3.93. The van der Waals surface area contributed by atoms with Crippen LogP contribution in [-0.2, 0) is 11.3 Å². The van der Waals surface area contributed by atoms with Crippen LogP contribution in [0.25, 0.3) is 0 Å². The average molecular weight is 441 g/mol. The quantitative estimate of drug-likeness (QED) is 0.613. The van der Waals surface area contributed by atoms with Crippen LogP contribution in [0.5, 0.6) is 11.5 Å². The van der Waals surface area contributed by atoms with Crippen molar-refractivity contribution in [3.05, 3.63) is 53.6 Å². The topological polar surface area (TPSA) is 59.1 Å². The summed E-state index contributed by atoms with van der Waals surface area (Å²) in [6, 6.07) is 13.3. The number of carbonyl (C=O) groups excluding carboxylic acids is 2. The van der Waals surface area contributed by atoms with E-state index in [0.29, 0.717) is 37.6 Å². The number of nitrogens with zero attached hydrogens (tertiary/aromatic N) is 2. The van der Waals surface area contributed by atoms with Gasteiger partial charge >= 0.3 is 0 Å². The predicted octanol–water partition coefficient (Wildman–Crippen LogP) is 3.83. The molecule has 2 aromatic rings. The molecule has 1 saturated heterocycles. The highest BCUT2D eigenvalue weighted by atomic mass is 32.2. The Morgan fingerprint density at radius 2 is 1.81 bits per heavy atom. The fraction of sp³-hybridized carbons (Fsp3) is 0.417. The molecule has 0 radical (unpaired) electrons. The number of hydrogen-bond donors (Lipinski definition) is 0. The number of amides is 2. The number of benzene rings is 2. The molecule has 1 fully saturated rings. The van der Waals surface area contributed by atoms with Crippen LogP contribution in [0, 0.1) is 0 Å². The van der Waals surface area contributed by atoms with Crippen molar-refractivity contribution in [2.45, 2.75) is 31.2 Å². The molecule has 0 unspecified atom stereocenters. The van der Waals surface area contributed by atoms with Crippen LogP contribution < -0.4 is 9.47 Å². The van der Waals surface area contributed by atoms with Gasteiger partial charge in [-0.3, -0.25) is 9.59 Å². The molecule has 164 valence electrons. The van der Waals surface area contributed by atoms with Crippen molar-refractivity contribution in [2.24, 2.45) is 0 Å². The van der Waals surface area contributed by atoms with Crippen molar-refractivity contribution >= 4 is 23.6 Å². The molecule has 31 heavy (non-hydrogen) atoms. The molecule has 2 aliphatic heterocycles. The molecule has 0 aliphatic carbocycles. The Bertz CT molecular complexity index is 943. The summed E-state index contributed by atoms with van der Waals surface area (Å²) in [6.45, 7) is 5.70. The maximum Gasteiger partial charge on any atom is 0.255 e. The number of para-hydroxylation sites is 1. The minimum atomic E-state index is -0.0476. The first-order valence-electron chi connectivity index (χ1n) is 10.8. The molecule has 4 rings (SSSR count). The van der Waals surface area contributed by atoms with Gasteiger partial charge in [0, 0.05) is 36.6 Å². The predicted molar refractivity (Wildman–Crippen MR) is 121 cm³/mol. The molecule has 2 heterocycles. The van der Waals surface area contributed by atoms with Crippen LogP contribution in [0.3, 0.4) is 0 Å². The lowest BCUT2D eigenvalue weighted by Gasteiger charge is -2.26. The number of carbonyl (C=O) groups is 2. The molecule has 2 aliphatic rings. The number of thioether (sulfide) groups is 1. The maximum absolute atomic E-state index is 13.4. The molecule has 0 aromatic heterocycles. The highest BCUT2D eigenvalue weighted by molar-refractivity contribution is 8.00. The summed E-state index contributed by atoms with van der Waals surface area (Å²) in [6.07, 6.45) is 2.16. The van der Waals surface area contributed by atoms with E-state index in [0.717, 1.165) is 47.9 Å². The second-order valence-corrected chi connectivity index (χ2v) is 8.65. The van der Waals surface area contributed by atoms with Crippen LogP contribution in [-0.4, -0.2) is 60.2 Å². The van der Waals surface area contributed by atoms with Crippen molar-refractivity contribution < 1.29 is 19.1 Å². The van der Waals surface area contributed by atoms with Gasteiger partial charge in [-0.25, -0.2) is 0 Å². The van der Waals surface area contributed by atoms with Gasteiger partial charge in [0.1, 0.15) is 13.2 Å². The van der Waals surface area contributed by atoms with E-state index in [4.69, 9.17) is 9.47 Å². The Hall–Kier alpha value is -2.67. The summed E-state index contributed by atoms with van der Waals surface area (Å²) in [5, 5.41) is 0. The summed E-state index contributed by atoms with van der Waals surface area (Å²) >= 11 is 1.44. The van der Waals surface area contributed by atoms with Crippen LogP contribution >= 0.6 is 11.8 Å². The average Bonchev–Trinajstić information content (AvgIpc) is 3.36. The summed E-state index contributed by atoms with van der Waals surface area (Å²) < 4.78 is 11.5. The lowest BCUT2D eigenvalue weighted by molar-refractivity contribution is -0.127. The summed E-state index contributed by atoms with van der Waals surface area (Å²) in [5.74, 6) is 1.90. The van der Waals surface area contributed by atoms with Crippen LogP contribution in [0.1, 0.15) is 35.7 Å². The van der Waals surface area contributed by atoms with Crippen molar-refractivity contribution in [3.63, 3.8) is 0 Å². The summed E-state index contributed by atoms with van der Waals surface area (Å²) in [4.78, 5) is 30.4. The second-order valence-electron chi connectivity index (χ2n) is 7.63. The largest absolute Gasteiger partial charge is 0.486 e. The van der Waals surface area contributed by atoms with Crippen LogP contribution in [0.2, 0.25) is 0 Å². The monoisotopic (exact) mass is 440 g/mol. The molecule has 0 saturated carbocycles. The molecule has 0 bridgehead atoms. The molecule has 2 amide bonds. The van der Waals surface area contributed by atoms with Crippen molar-refractivity contribution in [1.29, 1.82) is 0 Å². The molecule has 2 aromatic carbocycles. The van der Waals surface area contributed by atoms with Crippen molar-refractivity contribution in [2.75, 3.05) is 38.6 Å². The molecular weight excluding hydrogens is 412 g/mol.